The van der Waals surface area contributed by atoms with Gasteiger partial charge >= 0.3 is 18.0 Å². The molecule has 0 aromatic carbocycles. The normalized spacial score (nSPS) is 23.1. The second-order valence-electron chi connectivity index (χ2n) is 5.44. The molecule has 19 heavy (non-hydrogen) atoms. The van der Waals surface area contributed by atoms with Gasteiger partial charge in [0.15, 0.2) is 0 Å². The van der Waals surface area contributed by atoms with E-state index >= 15 is 0 Å². The van der Waals surface area contributed by atoms with E-state index in [4.69, 9.17) is 9.84 Å². The largest absolute Gasteiger partial charge is 0.480 e. The van der Waals surface area contributed by atoms with Crippen LogP contribution in [0.5, 0.6) is 0 Å². The summed E-state index contributed by atoms with van der Waals surface area (Å²) < 4.78 is 9.72. The maximum atomic E-state index is 11.9. The number of rotatable bonds is 2. The molecule has 2 atom stereocenters. The van der Waals surface area contributed by atoms with Crippen molar-refractivity contribution in [3.05, 3.63) is 0 Å². The van der Waals surface area contributed by atoms with E-state index in [0.717, 1.165) is 4.90 Å². The lowest BCUT2D eigenvalue weighted by Crippen LogP contribution is -2.43. The lowest BCUT2D eigenvalue weighted by Gasteiger charge is -2.26. The minimum atomic E-state index is -1.16. The Balaban J connectivity index is 2.82. The monoisotopic (exact) mass is 273 g/mol. The molecule has 1 aliphatic rings. The number of ether oxygens (including phenoxy) is 2. The van der Waals surface area contributed by atoms with Crippen molar-refractivity contribution < 1.29 is 29.0 Å². The zero-order chi connectivity index (χ0) is 14.8. The standard InChI is InChI=1S/C12H19NO6/c1-12(2,3)19-11(17)13-6-7(10(16)18-4)5-8(13)9(14)15/h7-8H,5-6H2,1-4H3,(H,14,15)/t7-,8-/m0/s1. The first kappa shape index (κ1) is 15.3. The molecule has 7 heteroatoms. The molecule has 1 N–H and O–H groups in total. The molecule has 7 nitrogen and oxygen atoms in total. The Labute approximate surface area is 111 Å². The minimum Gasteiger partial charge on any atom is -0.480 e. The van der Waals surface area contributed by atoms with E-state index in [1.54, 1.807) is 20.8 Å². The van der Waals surface area contributed by atoms with Gasteiger partial charge in [-0.1, -0.05) is 0 Å². The smallest absolute Gasteiger partial charge is 0.411 e. The molecule has 1 aliphatic heterocycles. The number of esters is 1. The van der Waals surface area contributed by atoms with Crippen LogP contribution in [0.2, 0.25) is 0 Å². The third-order valence-corrected chi connectivity index (χ3v) is 2.75. The van der Waals surface area contributed by atoms with Crippen molar-refractivity contribution in [2.75, 3.05) is 13.7 Å². The lowest BCUT2D eigenvalue weighted by molar-refractivity contribution is -0.144. The van der Waals surface area contributed by atoms with Crippen molar-refractivity contribution in [2.24, 2.45) is 5.92 Å². The highest BCUT2D eigenvalue weighted by Crippen LogP contribution is 2.26. The summed E-state index contributed by atoms with van der Waals surface area (Å²) in [5, 5.41) is 9.10. The summed E-state index contributed by atoms with van der Waals surface area (Å²) >= 11 is 0. The Morgan fingerprint density at radius 1 is 1.26 bits per heavy atom. The first-order valence-corrected chi connectivity index (χ1v) is 5.96. The summed E-state index contributed by atoms with van der Waals surface area (Å²) in [6.07, 6.45) is -0.687. The minimum absolute atomic E-state index is 0.00144. The van der Waals surface area contributed by atoms with Gasteiger partial charge < -0.3 is 14.6 Å². The van der Waals surface area contributed by atoms with E-state index in [2.05, 4.69) is 4.74 Å². The number of likely N-dealkylation sites (tertiary alicyclic amines) is 1. The highest BCUT2D eigenvalue weighted by molar-refractivity contribution is 5.84. The number of hydrogen-bond donors (Lipinski definition) is 1. The molecule has 0 unspecified atom stereocenters. The van der Waals surface area contributed by atoms with Crippen LogP contribution in [0.1, 0.15) is 27.2 Å². The number of methoxy groups -OCH3 is 1. The van der Waals surface area contributed by atoms with Gasteiger partial charge in [0, 0.05) is 6.54 Å². The zero-order valence-corrected chi connectivity index (χ0v) is 11.5. The molecule has 1 amide bonds. The number of aliphatic carboxylic acids is 1. The predicted octanol–water partition coefficient (Wildman–Crippen LogP) is 0.870. The summed E-state index contributed by atoms with van der Waals surface area (Å²) in [4.78, 5) is 35.6. The maximum absolute atomic E-state index is 11.9. The highest BCUT2D eigenvalue weighted by Gasteiger charge is 2.44. The number of hydrogen-bond acceptors (Lipinski definition) is 5. The quantitative estimate of drug-likeness (QED) is 0.750. The second kappa shape index (κ2) is 5.46. The Hall–Kier alpha value is -1.79. The number of carbonyl (C=O) groups is 3. The van der Waals surface area contributed by atoms with Gasteiger partial charge in [-0.05, 0) is 27.2 Å². The van der Waals surface area contributed by atoms with Crippen LogP contribution in [-0.2, 0) is 19.1 Å². The number of carboxylic acid groups (broad SMARTS) is 1. The Morgan fingerprint density at radius 2 is 1.84 bits per heavy atom. The van der Waals surface area contributed by atoms with Gasteiger partial charge in [0.2, 0.25) is 0 Å². The van der Waals surface area contributed by atoms with Gasteiger partial charge in [-0.15, -0.1) is 0 Å². The molecular weight excluding hydrogens is 254 g/mol. The molecule has 1 saturated heterocycles. The van der Waals surface area contributed by atoms with Gasteiger partial charge in [-0.25, -0.2) is 9.59 Å². The fourth-order valence-electron chi connectivity index (χ4n) is 1.93. The summed E-state index contributed by atoms with van der Waals surface area (Å²) in [6, 6.07) is -1.06. The maximum Gasteiger partial charge on any atom is 0.411 e. The molecule has 0 spiro atoms. The zero-order valence-electron chi connectivity index (χ0n) is 11.5. The summed E-state index contributed by atoms with van der Waals surface area (Å²) in [7, 11) is 1.23. The topological polar surface area (TPSA) is 93.1 Å². The van der Waals surface area contributed by atoms with Crippen LogP contribution in [0.15, 0.2) is 0 Å². The molecule has 0 bridgehead atoms. The van der Waals surface area contributed by atoms with Crippen molar-refractivity contribution in [1.29, 1.82) is 0 Å². The summed E-state index contributed by atoms with van der Waals surface area (Å²) in [6.45, 7) is 5.07. The van der Waals surface area contributed by atoms with Crippen LogP contribution in [-0.4, -0.2) is 53.3 Å². The molecule has 0 saturated carbocycles. The van der Waals surface area contributed by atoms with Crippen LogP contribution >= 0.6 is 0 Å². The Bertz CT molecular complexity index is 386. The van der Waals surface area contributed by atoms with E-state index in [-0.39, 0.29) is 13.0 Å². The third kappa shape index (κ3) is 3.84. The van der Waals surface area contributed by atoms with E-state index < -0.39 is 35.6 Å². The SMILES string of the molecule is COC(=O)[C@H]1C[C@@H](C(=O)O)N(C(=O)OC(C)(C)C)C1. The summed E-state index contributed by atoms with van der Waals surface area (Å²) in [5.74, 6) is -2.30. The Kier molecular flexibility index (Phi) is 4.39. The molecule has 108 valence electrons. The van der Waals surface area contributed by atoms with Gasteiger partial charge in [-0.2, -0.15) is 0 Å². The fourth-order valence-corrected chi connectivity index (χ4v) is 1.93. The molecule has 1 fully saturated rings. The average molecular weight is 273 g/mol. The van der Waals surface area contributed by atoms with Crippen molar-refractivity contribution in [1.82, 2.24) is 4.90 Å². The van der Waals surface area contributed by atoms with Crippen LogP contribution in [0.25, 0.3) is 0 Å². The molecule has 1 rings (SSSR count). The number of amides is 1. The molecule has 0 aromatic heterocycles. The first-order chi connectivity index (χ1) is 8.65. The van der Waals surface area contributed by atoms with E-state index in [0.29, 0.717) is 0 Å². The Morgan fingerprint density at radius 3 is 2.26 bits per heavy atom. The van der Waals surface area contributed by atoms with Crippen molar-refractivity contribution in [3.63, 3.8) is 0 Å². The van der Waals surface area contributed by atoms with Gasteiger partial charge in [-0.3, -0.25) is 9.69 Å². The molecule has 1 heterocycles. The molecule has 0 aromatic rings. The highest BCUT2D eigenvalue weighted by atomic mass is 16.6. The van der Waals surface area contributed by atoms with Crippen LogP contribution in [0, 0.1) is 5.92 Å². The van der Waals surface area contributed by atoms with Gasteiger partial charge in [0.25, 0.3) is 0 Å². The van der Waals surface area contributed by atoms with Crippen LogP contribution < -0.4 is 0 Å². The van der Waals surface area contributed by atoms with Crippen molar-refractivity contribution in [2.45, 2.75) is 38.8 Å². The van der Waals surface area contributed by atoms with Crippen LogP contribution in [0.3, 0.4) is 0 Å². The van der Waals surface area contributed by atoms with Crippen molar-refractivity contribution in [3.8, 4) is 0 Å². The molecular formula is C12H19NO6. The molecule has 0 aliphatic carbocycles. The van der Waals surface area contributed by atoms with Crippen LogP contribution in [0.4, 0.5) is 4.79 Å². The first-order valence-electron chi connectivity index (χ1n) is 5.96. The number of nitrogens with zero attached hydrogens (tertiary/aromatic N) is 1. The third-order valence-electron chi connectivity index (χ3n) is 2.75. The number of carbonyl (C=O) groups excluding carboxylic acids is 2. The van der Waals surface area contributed by atoms with E-state index in [1.807, 2.05) is 0 Å². The number of carboxylic acids is 1. The van der Waals surface area contributed by atoms with Gasteiger partial charge in [0.1, 0.15) is 11.6 Å². The molecule has 0 radical (unpaired) electrons. The predicted molar refractivity (Wildman–Crippen MR) is 64.5 cm³/mol. The fraction of sp³-hybridized carbons (Fsp3) is 0.750. The lowest BCUT2D eigenvalue weighted by atomic mass is 10.1. The summed E-state index contributed by atoms with van der Waals surface area (Å²) in [5.41, 5.74) is -0.719. The average Bonchev–Trinajstić information content (AvgIpc) is 2.70. The van der Waals surface area contributed by atoms with E-state index in [9.17, 15) is 14.4 Å². The van der Waals surface area contributed by atoms with Gasteiger partial charge in [0.05, 0.1) is 13.0 Å². The van der Waals surface area contributed by atoms with Crippen molar-refractivity contribution >= 4 is 18.0 Å². The van der Waals surface area contributed by atoms with E-state index in [1.165, 1.54) is 7.11 Å². The second-order valence-corrected chi connectivity index (χ2v) is 5.44.